The van der Waals surface area contributed by atoms with Gasteiger partial charge in [0.15, 0.2) is 28.3 Å². The third-order valence-corrected chi connectivity index (χ3v) is 5.12. The highest BCUT2D eigenvalue weighted by molar-refractivity contribution is 5.91. The predicted molar refractivity (Wildman–Crippen MR) is 103 cm³/mol. The third-order valence-electron chi connectivity index (χ3n) is 5.12. The van der Waals surface area contributed by atoms with E-state index in [1.807, 2.05) is 0 Å². The lowest BCUT2D eigenvalue weighted by Crippen LogP contribution is -2.40. The zero-order valence-corrected chi connectivity index (χ0v) is 15.7. The molecular formula is C21H18O9. The molecule has 0 spiro atoms. The minimum Gasteiger partial charge on any atom is -0.507 e. The Hall–Kier alpha value is -3.56. The number of carbonyl (C=O) groups excluding carboxylic acids is 1. The van der Waals surface area contributed by atoms with Gasteiger partial charge in [-0.2, -0.15) is 0 Å². The first-order valence-electron chi connectivity index (χ1n) is 9.08. The summed E-state index contributed by atoms with van der Waals surface area (Å²) in [5.74, 6) is -2.27. The molecule has 30 heavy (non-hydrogen) atoms. The number of ether oxygens (including phenoxy) is 1. The highest BCUT2D eigenvalue weighted by Crippen LogP contribution is 2.43. The maximum Gasteiger partial charge on any atom is 0.197 e. The molecule has 0 aliphatic carbocycles. The van der Waals surface area contributed by atoms with E-state index in [0.29, 0.717) is 0 Å². The quantitative estimate of drug-likeness (QED) is 0.396. The molecule has 1 fully saturated rings. The number of carbonyl (C=O) groups is 1. The van der Waals surface area contributed by atoms with Crippen molar-refractivity contribution in [2.24, 2.45) is 0 Å². The van der Waals surface area contributed by atoms with Gasteiger partial charge in [0.05, 0.1) is 17.8 Å². The second kappa shape index (κ2) is 7.05. The summed E-state index contributed by atoms with van der Waals surface area (Å²) in [5, 5.41) is 49.5. The van der Waals surface area contributed by atoms with Crippen molar-refractivity contribution in [2.45, 2.75) is 31.7 Å². The molecule has 3 unspecified atom stereocenters. The molecule has 2 aromatic carbocycles. The number of aliphatic hydroxyl groups is 1. The number of rotatable bonds is 2. The zero-order chi connectivity index (χ0) is 21.7. The van der Waals surface area contributed by atoms with Crippen molar-refractivity contribution in [1.82, 2.24) is 0 Å². The second-order valence-corrected chi connectivity index (χ2v) is 7.16. The number of phenols is 4. The Bertz CT molecular complexity index is 1230. The normalized spacial score (nSPS) is 21.8. The lowest BCUT2D eigenvalue weighted by Gasteiger charge is -2.31. The van der Waals surface area contributed by atoms with Gasteiger partial charge < -0.3 is 34.7 Å². The minimum absolute atomic E-state index is 0.00994. The Balaban J connectivity index is 1.96. The molecule has 0 amide bonds. The van der Waals surface area contributed by atoms with E-state index in [1.165, 1.54) is 25.1 Å². The average Bonchev–Trinajstić information content (AvgIpc) is 2.67. The van der Waals surface area contributed by atoms with Crippen LogP contribution in [0.15, 0.2) is 39.5 Å². The molecule has 5 N–H and O–H groups in total. The lowest BCUT2D eigenvalue weighted by molar-refractivity contribution is -0.155. The molecule has 0 bridgehead atoms. The first-order chi connectivity index (χ1) is 14.2. The summed E-state index contributed by atoms with van der Waals surface area (Å²) in [4.78, 5) is 24.8. The summed E-state index contributed by atoms with van der Waals surface area (Å²) in [6.07, 6.45) is -3.46. The second-order valence-electron chi connectivity index (χ2n) is 7.16. The van der Waals surface area contributed by atoms with Crippen molar-refractivity contribution < 1.29 is 39.5 Å². The molecule has 2 heterocycles. The fraction of sp³-hybridized carbons (Fsp3) is 0.238. The maximum absolute atomic E-state index is 12.7. The Morgan fingerprint density at radius 1 is 0.933 bits per heavy atom. The predicted octanol–water partition coefficient (Wildman–Crippen LogP) is 2.06. The van der Waals surface area contributed by atoms with Gasteiger partial charge in [-0.15, -0.1) is 0 Å². The zero-order valence-electron chi connectivity index (χ0n) is 15.7. The molecular weight excluding hydrogens is 396 g/mol. The molecule has 1 aromatic heterocycles. The van der Waals surface area contributed by atoms with Crippen molar-refractivity contribution in [3.8, 4) is 34.3 Å². The summed E-state index contributed by atoms with van der Waals surface area (Å²) < 4.78 is 11.5. The van der Waals surface area contributed by atoms with E-state index in [2.05, 4.69) is 0 Å². The van der Waals surface area contributed by atoms with Crippen LogP contribution in [0.25, 0.3) is 22.3 Å². The summed E-state index contributed by atoms with van der Waals surface area (Å²) in [5.41, 5.74) is -0.587. The molecule has 1 aliphatic rings. The summed E-state index contributed by atoms with van der Waals surface area (Å²) in [6, 6.07) is 5.85. The molecule has 1 aliphatic heterocycles. The molecule has 3 atom stereocenters. The van der Waals surface area contributed by atoms with Crippen molar-refractivity contribution in [2.75, 3.05) is 0 Å². The van der Waals surface area contributed by atoms with E-state index in [4.69, 9.17) is 9.15 Å². The van der Waals surface area contributed by atoms with Crippen LogP contribution in [0.1, 0.15) is 25.0 Å². The van der Waals surface area contributed by atoms with E-state index >= 15 is 0 Å². The van der Waals surface area contributed by atoms with Gasteiger partial charge in [0.1, 0.15) is 28.7 Å². The molecule has 9 heteroatoms. The highest BCUT2D eigenvalue weighted by Gasteiger charge is 2.37. The molecule has 0 radical (unpaired) electrons. The molecule has 156 valence electrons. The Morgan fingerprint density at radius 3 is 2.33 bits per heavy atom. The first-order valence-corrected chi connectivity index (χ1v) is 9.08. The topological polar surface area (TPSA) is 158 Å². The lowest BCUT2D eigenvalue weighted by atomic mass is 9.93. The smallest absolute Gasteiger partial charge is 0.197 e. The van der Waals surface area contributed by atoms with Crippen molar-refractivity contribution in [3.05, 3.63) is 46.1 Å². The Kier molecular flexibility index (Phi) is 4.64. The van der Waals surface area contributed by atoms with Crippen LogP contribution in [0.2, 0.25) is 0 Å². The molecule has 4 rings (SSSR count). The van der Waals surface area contributed by atoms with Gasteiger partial charge in [0.25, 0.3) is 0 Å². The summed E-state index contributed by atoms with van der Waals surface area (Å²) in [7, 11) is 0. The van der Waals surface area contributed by atoms with E-state index in [0.717, 1.165) is 12.1 Å². The van der Waals surface area contributed by atoms with E-state index < -0.39 is 46.8 Å². The Morgan fingerprint density at radius 2 is 1.67 bits per heavy atom. The molecule has 9 nitrogen and oxygen atoms in total. The van der Waals surface area contributed by atoms with Crippen LogP contribution in [-0.2, 0) is 9.53 Å². The van der Waals surface area contributed by atoms with Gasteiger partial charge in [0, 0.05) is 24.1 Å². The van der Waals surface area contributed by atoms with Crippen LogP contribution in [0.3, 0.4) is 0 Å². The number of benzene rings is 2. The minimum atomic E-state index is -1.31. The summed E-state index contributed by atoms with van der Waals surface area (Å²) >= 11 is 0. The average molecular weight is 414 g/mol. The third kappa shape index (κ3) is 3.14. The number of ketones is 1. The van der Waals surface area contributed by atoms with Crippen LogP contribution in [-0.4, -0.2) is 43.5 Å². The van der Waals surface area contributed by atoms with Crippen LogP contribution in [0.5, 0.6) is 23.0 Å². The fourth-order valence-corrected chi connectivity index (χ4v) is 3.57. The van der Waals surface area contributed by atoms with E-state index in [-0.39, 0.29) is 40.0 Å². The van der Waals surface area contributed by atoms with Gasteiger partial charge in [-0.25, -0.2) is 0 Å². The first kappa shape index (κ1) is 19.7. The van der Waals surface area contributed by atoms with Crippen LogP contribution in [0, 0.1) is 0 Å². The molecule has 3 aromatic rings. The SMILES string of the molecule is CC1OC(c2c(O)cc(O)c3c(=O)cc(-c4ccc(O)c(O)c4)oc23)CC(=O)C1O. The largest absolute Gasteiger partial charge is 0.507 e. The van der Waals surface area contributed by atoms with Crippen molar-refractivity contribution >= 4 is 16.8 Å². The fourth-order valence-electron chi connectivity index (χ4n) is 3.57. The Labute approximate surface area is 169 Å². The summed E-state index contributed by atoms with van der Waals surface area (Å²) in [6.45, 7) is 1.50. The maximum atomic E-state index is 12.7. The van der Waals surface area contributed by atoms with Gasteiger partial charge in [-0.1, -0.05) is 0 Å². The number of phenolic OH excluding ortho intramolecular Hbond substituents is 4. The van der Waals surface area contributed by atoms with Crippen molar-refractivity contribution in [3.63, 3.8) is 0 Å². The number of aromatic hydroxyl groups is 4. The molecule has 0 saturated carbocycles. The van der Waals surface area contributed by atoms with Crippen LogP contribution in [0.4, 0.5) is 0 Å². The number of hydrogen-bond acceptors (Lipinski definition) is 9. The monoisotopic (exact) mass is 414 g/mol. The highest BCUT2D eigenvalue weighted by atomic mass is 16.5. The molecule has 1 saturated heterocycles. The van der Waals surface area contributed by atoms with Gasteiger partial charge in [-0.05, 0) is 25.1 Å². The van der Waals surface area contributed by atoms with E-state index in [9.17, 15) is 35.1 Å². The van der Waals surface area contributed by atoms with Gasteiger partial charge in [0.2, 0.25) is 0 Å². The van der Waals surface area contributed by atoms with Crippen molar-refractivity contribution in [1.29, 1.82) is 0 Å². The number of hydrogen-bond donors (Lipinski definition) is 5. The van der Waals surface area contributed by atoms with Crippen LogP contribution >= 0.6 is 0 Å². The van der Waals surface area contributed by atoms with Crippen LogP contribution < -0.4 is 5.43 Å². The van der Waals surface area contributed by atoms with E-state index in [1.54, 1.807) is 0 Å². The number of Topliss-reactive ketones (excluding diaryl/α,β-unsaturated/α-hetero) is 1. The standard InChI is InChI=1S/C21H18O9/c1-8-20(28)15(27)7-17(29-8)19-13(25)5-12(24)18-14(26)6-16(30-21(18)19)9-2-3-10(22)11(23)4-9/h2-6,8,17,20,22-25,28H,7H2,1H3. The van der Waals surface area contributed by atoms with Gasteiger partial charge in [-0.3, -0.25) is 9.59 Å². The number of fused-ring (bicyclic) bond motifs is 1. The van der Waals surface area contributed by atoms with Gasteiger partial charge >= 0.3 is 0 Å². The number of aliphatic hydroxyl groups excluding tert-OH is 1.